The number of rotatable bonds is 1. The van der Waals surface area contributed by atoms with Crippen molar-refractivity contribution >= 4 is 17.6 Å². The Bertz CT molecular complexity index is 208. The third kappa shape index (κ3) is 1.23. The maximum atomic E-state index is 9.48. The monoisotopic (exact) mass is 159 g/mol. The Kier molecular flexibility index (Phi) is 1.85. The van der Waals surface area contributed by atoms with Crippen molar-refractivity contribution in [3.8, 4) is 0 Å². The van der Waals surface area contributed by atoms with Crippen LogP contribution >= 0.6 is 11.8 Å². The van der Waals surface area contributed by atoms with Crippen molar-refractivity contribution in [1.29, 1.82) is 0 Å². The Hall–Kier alpha value is -0.320. The van der Waals surface area contributed by atoms with Crippen LogP contribution < -0.4 is 0 Å². The van der Waals surface area contributed by atoms with Gasteiger partial charge in [0.2, 0.25) is 5.84 Å². The number of hydrogen-bond donors (Lipinski definition) is 1. The number of thioether (sulfide) groups is 1. The Labute approximate surface area is 64.6 Å². The number of amidine groups is 1. The van der Waals surface area contributed by atoms with E-state index in [2.05, 4.69) is 4.99 Å². The molecule has 0 bridgehead atoms. The van der Waals surface area contributed by atoms with E-state index < -0.39 is 0 Å². The van der Waals surface area contributed by atoms with Gasteiger partial charge in [0.1, 0.15) is 7.05 Å². The molecule has 1 unspecified atom stereocenters. The molecule has 3 nitrogen and oxygen atoms in total. The topological polar surface area (TPSA) is 32.6 Å². The Balaban J connectivity index is 2.88. The molecule has 0 aliphatic carbocycles. The van der Waals surface area contributed by atoms with E-state index in [0.717, 1.165) is 5.03 Å². The van der Waals surface area contributed by atoms with Crippen LogP contribution in [0.25, 0.3) is 0 Å². The summed E-state index contributed by atoms with van der Waals surface area (Å²) >= 11 is 1.54. The standard InChI is InChI=1S/C6H11N2OS/c1-5-7-6(10-3)4-8(5,2)9/h4,9H,1-3H3/q+1. The largest absolute Gasteiger partial charge is 0.238 e. The molecule has 10 heavy (non-hydrogen) atoms. The number of nitrogens with zero attached hydrogens (tertiary/aromatic N) is 2. The molecule has 56 valence electrons. The van der Waals surface area contributed by atoms with Gasteiger partial charge in [-0.2, -0.15) is 4.99 Å². The highest BCUT2D eigenvalue weighted by Crippen LogP contribution is 2.23. The molecule has 0 saturated carbocycles. The Morgan fingerprint density at radius 3 is 2.50 bits per heavy atom. The van der Waals surface area contributed by atoms with Crippen molar-refractivity contribution in [2.45, 2.75) is 6.92 Å². The zero-order valence-corrected chi connectivity index (χ0v) is 7.14. The van der Waals surface area contributed by atoms with Crippen LogP contribution in [-0.2, 0) is 0 Å². The lowest BCUT2D eigenvalue weighted by Gasteiger charge is -2.13. The second-order valence-electron chi connectivity index (χ2n) is 2.36. The molecule has 0 aromatic heterocycles. The highest BCUT2D eigenvalue weighted by atomic mass is 32.2. The first-order valence-electron chi connectivity index (χ1n) is 2.98. The summed E-state index contributed by atoms with van der Waals surface area (Å²) in [5, 5.41) is 10.4. The molecular formula is C6H11N2OS+. The second kappa shape index (κ2) is 2.38. The minimum absolute atomic E-state index is 0.198. The number of hydroxylamine groups is 3. The number of hydrogen-bond acceptors (Lipinski definition) is 3. The average molecular weight is 159 g/mol. The van der Waals surface area contributed by atoms with Gasteiger partial charge in [-0.05, 0) is 6.26 Å². The summed E-state index contributed by atoms with van der Waals surface area (Å²) in [6, 6.07) is 0. The third-order valence-corrected chi connectivity index (χ3v) is 2.11. The number of aliphatic imine (C=N–C) groups is 1. The molecule has 1 N–H and O–H groups in total. The molecule has 4 heteroatoms. The molecule has 1 atom stereocenters. The first-order valence-corrected chi connectivity index (χ1v) is 4.20. The molecule has 1 aliphatic heterocycles. The molecule has 0 aromatic carbocycles. The average Bonchev–Trinajstić information content (AvgIpc) is 2.08. The van der Waals surface area contributed by atoms with Gasteiger partial charge >= 0.3 is 0 Å². The van der Waals surface area contributed by atoms with Crippen molar-refractivity contribution in [2.75, 3.05) is 13.3 Å². The summed E-state index contributed by atoms with van der Waals surface area (Å²) in [5.41, 5.74) is 0. The Morgan fingerprint density at radius 2 is 2.30 bits per heavy atom. The molecule has 1 aliphatic rings. The van der Waals surface area contributed by atoms with E-state index in [1.54, 1.807) is 20.2 Å². The lowest BCUT2D eigenvalue weighted by atomic mass is 10.6. The van der Waals surface area contributed by atoms with Crippen LogP contribution in [0, 0.1) is 0 Å². The zero-order chi connectivity index (χ0) is 7.78. The Morgan fingerprint density at radius 1 is 1.70 bits per heavy atom. The van der Waals surface area contributed by atoms with Gasteiger partial charge in [-0.25, -0.2) is 5.21 Å². The van der Waals surface area contributed by atoms with E-state index in [9.17, 15) is 5.21 Å². The summed E-state index contributed by atoms with van der Waals surface area (Å²) in [6.45, 7) is 1.81. The quantitative estimate of drug-likeness (QED) is 0.587. The molecule has 0 saturated heterocycles. The summed E-state index contributed by atoms with van der Waals surface area (Å²) in [7, 11) is 1.68. The van der Waals surface area contributed by atoms with Crippen LogP contribution in [-0.4, -0.2) is 29.0 Å². The molecule has 1 rings (SSSR count). The van der Waals surface area contributed by atoms with Gasteiger partial charge in [-0.1, -0.05) is 0 Å². The van der Waals surface area contributed by atoms with Gasteiger partial charge < -0.3 is 0 Å². The third-order valence-electron chi connectivity index (χ3n) is 1.50. The SMILES string of the molecule is CSC1=C[N+](C)(O)C(C)=N1. The predicted octanol–water partition coefficient (Wildman–Crippen LogP) is 1.42. The number of quaternary nitrogens is 1. The minimum Gasteiger partial charge on any atom is -0.206 e. The molecule has 0 aromatic rings. The van der Waals surface area contributed by atoms with Crippen LogP contribution in [0.5, 0.6) is 0 Å². The fourth-order valence-electron chi connectivity index (χ4n) is 0.696. The zero-order valence-electron chi connectivity index (χ0n) is 6.33. The van der Waals surface area contributed by atoms with Crippen LogP contribution in [0.15, 0.2) is 16.2 Å². The molecule has 0 spiro atoms. The van der Waals surface area contributed by atoms with Crippen molar-refractivity contribution in [2.24, 2.45) is 4.99 Å². The molecule has 0 fully saturated rings. The normalized spacial score (nSPS) is 32.0. The van der Waals surface area contributed by atoms with Gasteiger partial charge in [0.05, 0.1) is 0 Å². The van der Waals surface area contributed by atoms with Gasteiger partial charge in [0.25, 0.3) is 0 Å². The van der Waals surface area contributed by atoms with E-state index >= 15 is 0 Å². The van der Waals surface area contributed by atoms with Crippen LogP contribution in [0.3, 0.4) is 0 Å². The first kappa shape index (κ1) is 7.78. The van der Waals surface area contributed by atoms with Crippen LogP contribution in [0.4, 0.5) is 0 Å². The predicted molar refractivity (Wildman–Crippen MR) is 42.7 cm³/mol. The van der Waals surface area contributed by atoms with E-state index in [1.807, 2.05) is 6.26 Å². The fraction of sp³-hybridized carbons (Fsp3) is 0.500. The second-order valence-corrected chi connectivity index (χ2v) is 3.18. The summed E-state index contributed by atoms with van der Waals surface area (Å²) in [5.74, 6) is 0.712. The van der Waals surface area contributed by atoms with Gasteiger partial charge in [0.15, 0.2) is 11.2 Å². The lowest BCUT2D eigenvalue weighted by Crippen LogP contribution is -2.36. The summed E-state index contributed by atoms with van der Waals surface area (Å²) < 4.78 is -0.198. The van der Waals surface area contributed by atoms with E-state index in [0.29, 0.717) is 5.84 Å². The molecule has 1 heterocycles. The van der Waals surface area contributed by atoms with Crippen molar-refractivity contribution in [3.63, 3.8) is 0 Å². The van der Waals surface area contributed by atoms with Crippen LogP contribution in [0.1, 0.15) is 6.92 Å². The van der Waals surface area contributed by atoms with E-state index in [1.165, 1.54) is 11.8 Å². The lowest BCUT2D eigenvalue weighted by molar-refractivity contribution is -0.971. The summed E-state index contributed by atoms with van der Waals surface area (Å²) in [6.07, 6.45) is 3.65. The van der Waals surface area contributed by atoms with Crippen LogP contribution in [0.2, 0.25) is 0 Å². The van der Waals surface area contributed by atoms with Gasteiger partial charge in [-0.3, -0.25) is 0 Å². The highest BCUT2D eigenvalue weighted by molar-refractivity contribution is 8.02. The van der Waals surface area contributed by atoms with E-state index in [4.69, 9.17) is 0 Å². The first-order chi connectivity index (χ1) is 4.56. The van der Waals surface area contributed by atoms with Crippen molar-refractivity contribution in [3.05, 3.63) is 11.2 Å². The van der Waals surface area contributed by atoms with E-state index in [-0.39, 0.29) is 4.65 Å². The van der Waals surface area contributed by atoms with Gasteiger partial charge in [0, 0.05) is 6.92 Å². The van der Waals surface area contributed by atoms with Crippen molar-refractivity contribution < 1.29 is 9.85 Å². The maximum Gasteiger partial charge on any atom is 0.238 e. The summed E-state index contributed by atoms with van der Waals surface area (Å²) in [4.78, 5) is 4.12. The van der Waals surface area contributed by atoms with Gasteiger partial charge in [-0.15, -0.1) is 16.4 Å². The maximum absolute atomic E-state index is 9.48. The smallest absolute Gasteiger partial charge is 0.206 e. The fourth-order valence-corrected chi connectivity index (χ4v) is 1.23. The molecule has 0 radical (unpaired) electrons. The molecular weight excluding hydrogens is 148 g/mol. The molecule has 0 amide bonds. The highest BCUT2D eigenvalue weighted by Gasteiger charge is 2.28. The van der Waals surface area contributed by atoms with Crippen molar-refractivity contribution in [1.82, 2.24) is 0 Å². The minimum atomic E-state index is -0.198.